The first-order valence-electron chi connectivity index (χ1n) is 9.11. The third-order valence-corrected chi connectivity index (χ3v) is 5.04. The predicted octanol–water partition coefficient (Wildman–Crippen LogP) is 2.81. The summed E-state index contributed by atoms with van der Waals surface area (Å²) >= 11 is 0. The van der Waals surface area contributed by atoms with Crippen molar-refractivity contribution >= 4 is 11.9 Å². The van der Waals surface area contributed by atoms with Gasteiger partial charge in [-0.05, 0) is 37.8 Å². The van der Waals surface area contributed by atoms with Gasteiger partial charge in [-0.2, -0.15) is 0 Å². The number of methoxy groups -OCH3 is 1. The number of hydrogen-bond acceptors (Lipinski definition) is 6. The molecule has 26 heavy (non-hydrogen) atoms. The zero-order valence-electron chi connectivity index (χ0n) is 16.2. The molecule has 6 nitrogen and oxygen atoms in total. The number of rotatable bonds is 4. The molecule has 5 unspecified atom stereocenters. The van der Waals surface area contributed by atoms with Gasteiger partial charge in [-0.25, -0.2) is 0 Å². The summed E-state index contributed by atoms with van der Waals surface area (Å²) < 4.78 is 22.5. The second-order valence-corrected chi connectivity index (χ2v) is 7.25. The summed E-state index contributed by atoms with van der Waals surface area (Å²) in [5.74, 6) is -0.525. The van der Waals surface area contributed by atoms with Gasteiger partial charge in [0.15, 0.2) is 0 Å². The largest absolute Gasteiger partial charge is 0.458 e. The van der Waals surface area contributed by atoms with E-state index in [1.165, 1.54) is 13.8 Å². The molecule has 0 saturated carbocycles. The van der Waals surface area contributed by atoms with Crippen LogP contribution in [0.3, 0.4) is 0 Å². The van der Waals surface area contributed by atoms with Crippen LogP contribution in [0.2, 0.25) is 0 Å². The number of carbonyl (C=O) groups excluding carboxylic acids is 2. The highest BCUT2D eigenvalue weighted by atomic mass is 16.6. The van der Waals surface area contributed by atoms with Gasteiger partial charge < -0.3 is 18.9 Å². The third-order valence-electron chi connectivity index (χ3n) is 5.04. The molecule has 5 atom stereocenters. The molecule has 1 aliphatic carbocycles. The molecule has 1 aliphatic heterocycles. The van der Waals surface area contributed by atoms with Gasteiger partial charge in [-0.3, -0.25) is 9.59 Å². The van der Waals surface area contributed by atoms with Gasteiger partial charge in [0.2, 0.25) is 0 Å². The molecule has 0 bridgehead atoms. The Hall–Kier alpha value is -1.66. The lowest BCUT2D eigenvalue weighted by Gasteiger charge is -2.32. The molecular weight excluding hydrogens is 336 g/mol. The molecule has 1 fully saturated rings. The zero-order valence-corrected chi connectivity index (χ0v) is 16.2. The van der Waals surface area contributed by atoms with Crippen molar-refractivity contribution in [2.45, 2.75) is 58.3 Å². The van der Waals surface area contributed by atoms with E-state index in [9.17, 15) is 9.59 Å². The van der Waals surface area contributed by atoms with Crippen LogP contribution in [0.25, 0.3) is 0 Å². The summed E-state index contributed by atoms with van der Waals surface area (Å²) in [6.07, 6.45) is 3.12. The minimum Gasteiger partial charge on any atom is -0.458 e. The van der Waals surface area contributed by atoms with Crippen molar-refractivity contribution in [3.63, 3.8) is 0 Å². The Kier molecular flexibility index (Phi) is 7.41. The Balaban J connectivity index is 2.33. The summed E-state index contributed by atoms with van der Waals surface area (Å²) in [6, 6.07) is 0. The SMILES string of the molecule is C=C1CC2OCC(COC)C2C(OC(C)=O)C=C(C)CCC1OC(C)=O. The maximum absolute atomic E-state index is 11.7. The lowest BCUT2D eigenvalue weighted by atomic mass is 9.81. The summed E-state index contributed by atoms with van der Waals surface area (Å²) in [4.78, 5) is 23.1. The van der Waals surface area contributed by atoms with Crippen LogP contribution < -0.4 is 0 Å². The Morgan fingerprint density at radius 1 is 1.27 bits per heavy atom. The molecule has 0 aromatic rings. The van der Waals surface area contributed by atoms with E-state index in [1.54, 1.807) is 7.11 Å². The first-order chi connectivity index (χ1) is 12.3. The summed E-state index contributed by atoms with van der Waals surface area (Å²) in [5, 5.41) is 0. The van der Waals surface area contributed by atoms with E-state index >= 15 is 0 Å². The maximum Gasteiger partial charge on any atom is 0.303 e. The van der Waals surface area contributed by atoms with E-state index in [2.05, 4.69) is 6.58 Å². The Morgan fingerprint density at radius 3 is 2.58 bits per heavy atom. The first-order valence-corrected chi connectivity index (χ1v) is 9.11. The molecule has 0 radical (unpaired) electrons. The van der Waals surface area contributed by atoms with Gasteiger partial charge in [-0.15, -0.1) is 0 Å². The maximum atomic E-state index is 11.7. The number of esters is 2. The molecular formula is C20H30O6. The Morgan fingerprint density at radius 2 is 1.96 bits per heavy atom. The van der Waals surface area contributed by atoms with Crippen molar-refractivity contribution in [2.75, 3.05) is 20.3 Å². The summed E-state index contributed by atoms with van der Waals surface area (Å²) in [5.41, 5.74) is 1.93. The van der Waals surface area contributed by atoms with E-state index in [4.69, 9.17) is 18.9 Å². The van der Waals surface area contributed by atoms with Gasteiger partial charge in [0.25, 0.3) is 0 Å². The van der Waals surface area contributed by atoms with Gasteiger partial charge in [-0.1, -0.05) is 12.2 Å². The quantitative estimate of drug-likeness (QED) is 0.563. The predicted molar refractivity (Wildman–Crippen MR) is 96.5 cm³/mol. The highest BCUT2D eigenvalue weighted by Gasteiger charge is 2.44. The fourth-order valence-electron chi connectivity index (χ4n) is 3.90. The number of carbonyl (C=O) groups is 2. The Bertz CT molecular complexity index is 567. The molecule has 2 aliphatic rings. The van der Waals surface area contributed by atoms with Crippen LogP contribution in [0.4, 0.5) is 0 Å². The standard InChI is InChI=1S/C20H30O6/c1-12-6-7-17(25-14(3)21)13(2)9-18-20(16(10-23-5)11-24-18)19(8-12)26-15(4)22/h8,16-20H,2,6-7,9-11H2,1,3-5H3. The topological polar surface area (TPSA) is 71.1 Å². The van der Waals surface area contributed by atoms with Crippen LogP contribution >= 0.6 is 0 Å². The lowest BCUT2D eigenvalue weighted by Crippen LogP contribution is -2.37. The van der Waals surface area contributed by atoms with Crippen LogP contribution in [0, 0.1) is 11.8 Å². The highest BCUT2D eigenvalue weighted by molar-refractivity contribution is 5.66. The van der Waals surface area contributed by atoms with E-state index in [0.29, 0.717) is 26.1 Å². The van der Waals surface area contributed by atoms with E-state index < -0.39 is 0 Å². The fourth-order valence-corrected chi connectivity index (χ4v) is 3.90. The molecule has 146 valence electrons. The third kappa shape index (κ3) is 5.42. The molecule has 1 saturated heterocycles. The smallest absolute Gasteiger partial charge is 0.303 e. The van der Waals surface area contributed by atoms with Crippen LogP contribution in [-0.2, 0) is 28.5 Å². The van der Waals surface area contributed by atoms with Crippen LogP contribution in [0.1, 0.15) is 40.0 Å². The second-order valence-electron chi connectivity index (χ2n) is 7.25. The van der Waals surface area contributed by atoms with Crippen LogP contribution in [-0.4, -0.2) is 50.6 Å². The van der Waals surface area contributed by atoms with Crippen molar-refractivity contribution in [3.05, 3.63) is 23.8 Å². The molecule has 0 amide bonds. The number of ether oxygens (including phenoxy) is 4. The molecule has 1 heterocycles. The van der Waals surface area contributed by atoms with Crippen LogP contribution in [0.15, 0.2) is 23.8 Å². The van der Waals surface area contributed by atoms with Gasteiger partial charge in [0, 0.05) is 32.8 Å². The van der Waals surface area contributed by atoms with Crippen molar-refractivity contribution in [1.82, 2.24) is 0 Å². The van der Waals surface area contributed by atoms with E-state index in [-0.39, 0.29) is 42.1 Å². The zero-order chi connectivity index (χ0) is 19.3. The van der Waals surface area contributed by atoms with Crippen molar-refractivity contribution < 1.29 is 28.5 Å². The molecule has 0 N–H and O–H groups in total. The molecule has 0 aromatic carbocycles. The van der Waals surface area contributed by atoms with Gasteiger partial charge in [0.05, 0.1) is 19.3 Å². The second kappa shape index (κ2) is 9.33. The van der Waals surface area contributed by atoms with Crippen molar-refractivity contribution in [1.29, 1.82) is 0 Å². The first kappa shape index (κ1) is 20.6. The lowest BCUT2D eigenvalue weighted by molar-refractivity contribution is -0.149. The minimum absolute atomic E-state index is 0.0263. The summed E-state index contributed by atoms with van der Waals surface area (Å²) in [6.45, 7) is 10.1. The molecule has 2 rings (SSSR count). The number of allylic oxidation sites excluding steroid dienone is 1. The highest BCUT2D eigenvalue weighted by Crippen LogP contribution is 2.38. The average Bonchev–Trinajstić information content (AvgIpc) is 2.92. The average molecular weight is 366 g/mol. The number of fused-ring (bicyclic) bond motifs is 1. The summed E-state index contributed by atoms with van der Waals surface area (Å²) in [7, 11) is 1.66. The molecule has 0 aromatic heterocycles. The van der Waals surface area contributed by atoms with Gasteiger partial charge >= 0.3 is 11.9 Å². The van der Waals surface area contributed by atoms with Crippen molar-refractivity contribution in [2.24, 2.45) is 11.8 Å². The monoisotopic (exact) mass is 366 g/mol. The van der Waals surface area contributed by atoms with Crippen LogP contribution in [0.5, 0.6) is 0 Å². The number of hydrogen-bond donors (Lipinski definition) is 0. The van der Waals surface area contributed by atoms with Crippen molar-refractivity contribution in [3.8, 4) is 0 Å². The normalized spacial score (nSPS) is 32.4. The van der Waals surface area contributed by atoms with Gasteiger partial charge in [0.1, 0.15) is 12.2 Å². The minimum atomic E-state index is -0.363. The van der Waals surface area contributed by atoms with E-state index in [1.807, 2.05) is 13.0 Å². The van der Waals surface area contributed by atoms with E-state index in [0.717, 1.165) is 17.6 Å². The molecule has 0 spiro atoms. The molecule has 6 heteroatoms. The Labute approximate surface area is 155 Å². The fraction of sp³-hybridized carbons (Fsp3) is 0.700.